The van der Waals surface area contributed by atoms with Gasteiger partial charge < -0.3 is 157 Å². The van der Waals surface area contributed by atoms with Gasteiger partial charge in [-0.15, -0.1) is 0 Å². The fourth-order valence-corrected chi connectivity index (χ4v) is 15.4. The summed E-state index contributed by atoms with van der Waals surface area (Å²) >= 11 is 4.07. The zero-order chi connectivity index (χ0) is 106. The van der Waals surface area contributed by atoms with Gasteiger partial charge in [0.2, 0.25) is 94.5 Å². The van der Waals surface area contributed by atoms with Gasteiger partial charge in [0, 0.05) is 61.6 Å². The zero-order valence-corrected chi connectivity index (χ0v) is 82.8. The number of hydrogen-bond donors (Lipinski definition) is 32. The number of guanidine groups is 2. The second kappa shape index (κ2) is 66.4. The number of unbranched alkanes of at least 4 members (excludes halogenated alkanes) is 8. The fraction of sp³-hybridized carbons (Fsp3) is 0.585. The Balaban J connectivity index is 1.69. The summed E-state index contributed by atoms with van der Waals surface area (Å²) < 4.78 is 0. The van der Waals surface area contributed by atoms with Gasteiger partial charge in [0.1, 0.15) is 96.4 Å². The number of aliphatic hydroxyl groups excluding tert-OH is 1. The molecular weight excluding hydrogens is 1870 g/mol. The number of carbonyl (C=O) groups is 17. The molecule has 3 aromatic carbocycles. The Bertz CT molecular complexity index is 4790. The van der Waals surface area contributed by atoms with E-state index in [9.17, 15) is 92.0 Å². The predicted molar refractivity (Wildman–Crippen MR) is 538 cm³/mol. The maximum atomic E-state index is 15.0. The van der Waals surface area contributed by atoms with Gasteiger partial charge >= 0.3 is 5.97 Å². The molecule has 17 atom stereocenters. The number of aromatic amines is 1. The van der Waals surface area contributed by atoms with Crippen LogP contribution >= 0.6 is 12.6 Å². The number of hydrogen-bond acceptors (Lipinski definition) is 27. The number of carboxylic acids is 1. The number of benzene rings is 3. The molecule has 0 fully saturated rings. The van der Waals surface area contributed by atoms with Crippen molar-refractivity contribution in [2.45, 2.75) is 298 Å². The minimum atomic E-state index is -1.98. The Morgan fingerprint density at radius 1 is 0.378 bits per heavy atom. The molecule has 1 heterocycles. The summed E-state index contributed by atoms with van der Waals surface area (Å²) in [5, 5.41) is 88.2. The average Bonchev–Trinajstić information content (AvgIpc) is 1.69. The fourth-order valence-electron chi connectivity index (χ4n) is 15.2. The van der Waals surface area contributed by atoms with E-state index in [1.807, 2.05) is 0 Å². The molecule has 794 valence electrons. The van der Waals surface area contributed by atoms with Crippen molar-refractivity contribution in [2.24, 2.45) is 57.5 Å². The molecule has 49 heteroatoms. The number of rotatable bonds is 72. The second-order valence-electron chi connectivity index (χ2n) is 35.4. The maximum Gasteiger partial charge on any atom is 0.327 e. The summed E-state index contributed by atoms with van der Waals surface area (Å²) in [6, 6.07) is -2.16. The molecule has 0 aliphatic heterocycles. The number of carbonyl (C=O) groups excluding carboxylic acids is 16. The molecule has 16 amide bonds. The van der Waals surface area contributed by atoms with E-state index in [1.165, 1.54) is 38.1 Å². The first-order valence-corrected chi connectivity index (χ1v) is 49.1. The van der Waals surface area contributed by atoms with Crippen LogP contribution in [-0.2, 0) is 101 Å². The topological polar surface area (TPSA) is 841 Å². The lowest BCUT2D eigenvalue weighted by molar-refractivity contribution is -0.141. The Labute approximate surface area is 837 Å². The first kappa shape index (κ1) is 122. The number of aromatic hydroxyl groups is 1. The lowest BCUT2D eigenvalue weighted by Crippen LogP contribution is -2.61. The number of fused-ring (bicyclic) bond motifs is 1. The summed E-state index contributed by atoms with van der Waals surface area (Å²) in [6.07, 6.45) is 2.63. The van der Waals surface area contributed by atoms with Crippen molar-refractivity contribution < 1.29 is 96.8 Å². The van der Waals surface area contributed by atoms with Crippen LogP contribution in [0.1, 0.15) is 198 Å². The van der Waals surface area contributed by atoms with Gasteiger partial charge in [-0.25, -0.2) is 4.79 Å². The monoisotopic (exact) mass is 2030 g/mol. The number of phenols is 1. The average molecular weight is 2030 g/mol. The zero-order valence-electron chi connectivity index (χ0n) is 81.9. The largest absolute Gasteiger partial charge is 0.508 e. The van der Waals surface area contributed by atoms with Crippen molar-refractivity contribution >= 4 is 136 Å². The molecule has 0 saturated carbocycles. The molecule has 1 aromatic heterocycles. The smallest absolute Gasteiger partial charge is 0.327 e. The second-order valence-corrected chi connectivity index (χ2v) is 35.8. The summed E-state index contributed by atoms with van der Waals surface area (Å²) in [5.41, 5.74) is 54.0. The van der Waals surface area contributed by atoms with E-state index in [0.717, 1.165) is 0 Å². The van der Waals surface area contributed by atoms with Gasteiger partial charge in [0.15, 0.2) is 11.9 Å². The molecule has 0 spiro atoms. The van der Waals surface area contributed by atoms with E-state index in [2.05, 4.69) is 103 Å². The molecule has 4 aromatic rings. The van der Waals surface area contributed by atoms with Gasteiger partial charge in [-0.3, -0.25) is 87.5 Å². The first-order valence-electron chi connectivity index (χ1n) is 48.5. The Hall–Kier alpha value is -13.4. The van der Waals surface area contributed by atoms with Crippen molar-refractivity contribution in [3.63, 3.8) is 0 Å². The van der Waals surface area contributed by atoms with Crippen LogP contribution in [0.25, 0.3) is 10.9 Å². The summed E-state index contributed by atoms with van der Waals surface area (Å²) in [6.45, 7) is 6.85. The lowest BCUT2D eigenvalue weighted by atomic mass is 9.96. The van der Waals surface area contributed by atoms with Crippen molar-refractivity contribution in [2.75, 3.05) is 45.0 Å². The number of aromatic nitrogens is 1. The third-order valence-electron chi connectivity index (χ3n) is 23.7. The molecular formula is C94H152N28O20S. The van der Waals surface area contributed by atoms with Crippen molar-refractivity contribution in [3.8, 4) is 5.75 Å². The number of amides is 16. The number of thiol groups is 1. The lowest BCUT2D eigenvalue weighted by Gasteiger charge is -2.29. The number of aliphatic carboxylic acids is 1. The number of H-pyrrole nitrogens is 1. The summed E-state index contributed by atoms with van der Waals surface area (Å²) in [7, 11) is 0. The number of nitrogens with two attached hydrogens (primary N) is 9. The number of para-hydroxylation sites is 1. The van der Waals surface area contributed by atoms with Crippen molar-refractivity contribution in [1.29, 1.82) is 10.8 Å². The number of aliphatic hydroxyl groups is 1. The standard InChI is InChI=1S/C94H152N28O20S/c1-5-53(2)77(122-85(134)65(32-18-22-44-98)114-87(136)70(48-57-35-37-59(124)38-36-57)118-88(137)71(120-90(139)76(101)55(4)123)49-58-51-108-61-28-16-15-27-60(58)61)91(140)109-54(3)78(127)117-69(47-56-25-11-10-12-26-56)86(135)116-68(39-40-74(99)125)84(133)113-67(34-24-46-107-94(104)105)82(131)119-72(50-75(100)126)89(138)115-66(33-23-45-106-93(102)103)81(130)112-64(31-17-21-43-97)80(129)110-62(29-13-6-8-19-41-95)79(128)111-63(30-14-7-9-20-42-96)83(132)121-73(52-143)92(141)142/h10-12,15-16,25-28,35-38,51,53-55,62-73,76-77,108,123-124,143H,5-9,13-14,17-24,29-34,39-50,52,95-98,101H2,1-4H3,(H2,99,125)(H2,100,126)(H,109,140)(H,110,129)(H,111,128)(H,112,130)(H,113,133)(H,114,136)(H,115,138)(H,116,135)(H,117,127)(H,118,137)(H,119,131)(H,120,139)(H,121,132)(H,122,134)(H,141,142)(H4,102,103,106)(H4,104,105,107)/t53-,54-,55+,62-,63-,64-,65-,66-,67-,68-,69-,70-,71-,72-,73-,76-,77-/m0/s1. The SMILES string of the molecule is CC[C@H](C)[C@H](NC(=O)[C@H](CCCCN)NC(=O)[C@H](Cc1ccc(O)cc1)NC(=O)[C@H](Cc1c[nH]c2ccccc12)NC(=O)[C@@H](N)[C@@H](C)O)C(=O)N[C@@H](C)C(=O)N[C@@H](Cc1ccccc1)C(=O)N[C@@H](CCC(N)=O)C(=O)N[C@@H](CCCNC(=N)N)C(=O)N[C@@H](CC(N)=O)C(=O)N[C@@H](CCCNC(=N)N)C(=O)N[C@@H](CCCCN)C(=O)N[C@@H](CCCCCCN)C(=O)N[C@@H](CCCCCCN)C(=O)N[C@@H](CS)C(=O)O. The van der Waals surface area contributed by atoms with Crippen LogP contribution in [0.4, 0.5) is 0 Å². The van der Waals surface area contributed by atoms with Crippen LogP contribution < -0.4 is 137 Å². The molecule has 40 N–H and O–H groups in total. The third kappa shape index (κ3) is 46.1. The van der Waals surface area contributed by atoms with Crippen LogP contribution in [0.3, 0.4) is 0 Å². The van der Waals surface area contributed by atoms with Crippen molar-refractivity contribution in [1.82, 2.24) is 90.1 Å². The van der Waals surface area contributed by atoms with E-state index in [-0.39, 0.29) is 128 Å². The number of nitrogens with one attached hydrogen (secondary N) is 19. The Morgan fingerprint density at radius 3 is 1.13 bits per heavy atom. The van der Waals surface area contributed by atoms with Crippen LogP contribution in [-0.4, -0.2) is 274 Å². The molecule has 48 nitrogen and oxygen atoms in total. The van der Waals surface area contributed by atoms with Gasteiger partial charge in [-0.05, 0) is 177 Å². The maximum absolute atomic E-state index is 15.0. The molecule has 4 rings (SSSR count). The molecule has 0 bridgehead atoms. The van der Waals surface area contributed by atoms with E-state index in [0.29, 0.717) is 105 Å². The quantitative estimate of drug-likeness (QED) is 0.00854. The van der Waals surface area contributed by atoms with Crippen LogP contribution in [0.15, 0.2) is 85.1 Å². The van der Waals surface area contributed by atoms with E-state index in [4.69, 9.17) is 62.4 Å². The highest BCUT2D eigenvalue weighted by Gasteiger charge is 2.40. The molecule has 0 radical (unpaired) electrons. The summed E-state index contributed by atoms with van der Waals surface area (Å²) in [4.78, 5) is 246. The summed E-state index contributed by atoms with van der Waals surface area (Å²) in [5.74, 6) is -19.2. The molecule has 0 aliphatic rings. The van der Waals surface area contributed by atoms with E-state index >= 15 is 4.79 Å². The third-order valence-corrected chi connectivity index (χ3v) is 24.1. The van der Waals surface area contributed by atoms with Crippen molar-refractivity contribution in [3.05, 3.63) is 102 Å². The molecule has 143 heavy (non-hydrogen) atoms. The van der Waals surface area contributed by atoms with Gasteiger partial charge in [0.05, 0.1) is 12.5 Å². The number of primary amides is 2. The first-order chi connectivity index (χ1) is 68.1. The van der Waals surface area contributed by atoms with Gasteiger partial charge in [-0.2, -0.15) is 12.6 Å². The predicted octanol–water partition coefficient (Wildman–Crippen LogP) is -4.78. The van der Waals surface area contributed by atoms with E-state index < -0.39 is 234 Å². The minimum Gasteiger partial charge on any atom is -0.508 e. The molecule has 0 unspecified atom stereocenters. The highest BCUT2D eigenvalue weighted by Crippen LogP contribution is 2.22. The Kier molecular flexibility index (Phi) is 56.6. The highest BCUT2D eigenvalue weighted by atomic mass is 32.1. The van der Waals surface area contributed by atoms with Crippen LogP contribution in [0.2, 0.25) is 0 Å². The van der Waals surface area contributed by atoms with Crippen LogP contribution in [0, 0.1) is 16.7 Å². The highest BCUT2D eigenvalue weighted by molar-refractivity contribution is 7.80. The number of phenolic OH excluding ortho intramolecular Hbond substituents is 1. The number of carboxylic acid groups (broad SMARTS) is 1. The minimum absolute atomic E-state index is 0.00769. The van der Waals surface area contributed by atoms with Crippen LogP contribution in [0.5, 0.6) is 5.75 Å². The molecule has 0 aliphatic carbocycles. The Morgan fingerprint density at radius 2 is 0.720 bits per heavy atom. The van der Waals surface area contributed by atoms with Gasteiger partial charge in [0.25, 0.3) is 0 Å². The molecule has 0 saturated heterocycles. The van der Waals surface area contributed by atoms with Gasteiger partial charge in [-0.1, -0.05) is 119 Å². The van der Waals surface area contributed by atoms with E-state index in [1.54, 1.807) is 74.6 Å². The normalized spacial score (nSPS) is 14.7.